The second-order valence-electron chi connectivity index (χ2n) is 4.76. The molecule has 2 N–H and O–H groups in total. The number of halogens is 1. The number of benzene rings is 2. The zero-order chi connectivity index (χ0) is 13.6. The smallest absolute Gasteiger partial charge is 0.173 e. The summed E-state index contributed by atoms with van der Waals surface area (Å²) in [5.41, 5.74) is 0.946. The van der Waals surface area contributed by atoms with Crippen LogP contribution in [0.15, 0.2) is 36.4 Å². The molecule has 0 bridgehead atoms. The van der Waals surface area contributed by atoms with E-state index < -0.39 is 5.60 Å². The van der Waals surface area contributed by atoms with E-state index in [-0.39, 0.29) is 0 Å². The van der Waals surface area contributed by atoms with E-state index in [1.807, 2.05) is 30.3 Å². The summed E-state index contributed by atoms with van der Waals surface area (Å²) in [7, 11) is 0. The molecule has 3 aromatic rings. The standard InChI is InChI=1S/C15H11ClN2O/c1-15(19,8-17)9-2-4-11-12-7-10(16)3-5-13(12)18-14(11)6-9/h2-7,18-19H,1H3. The molecule has 0 aliphatic carbocycles. The van der Waals surface area contributed by atoms with Gasteiger partial charge in [0.15, 0.2) is 5.60 Å². The first-order valence-corrected chi connectivity index (χ1v) is 6.24. The molecule has 19 heavy (non-hydrogen) atoms. The predicted molar refractivity (Wildman–Crippen MR) is 76.0 cm³/mol. The summed E-state index contributed by atoms with van der Waals surface area (Å²) in [6.45, 7) is 1.48. The van der Waals surface area contributed by atoms with Crippen molar-refractivity contribution in [1.82, 2.24) is 4.98 Å². The molecule has 0 saturated heterocycles. The second-order valence-corrected chi connectivity index (χ2v) is 5.20. The van der Waals surface area contributed by atoms with E-state index >= 15 is 0 Å². The van der Waals surface area contributed by atoms with Crippen LogP contribution in [-0.2, 0) is 5.60 Å². The number of hydrogen-bond acceptors (Lipinski definition) is 2. The third-order valence-electron chi connectivity index (χ3n) is 3.34. The molecule has 0 spiro atoms. The average molecular weight is 271 g/mol. The number of rotatable bonds is 1. The van der Waals surface area contributed by atoms with E-state index in [0.29, 0.717) is 10.6 Å². The van der Waals surface area contributed by atoms with Crippen molar-refractivity contribution in [1.29, 1.82) is 5.26 Å². The van der Waals surface area contributed by atoms with E-state index in [4.69, 9.17) is 16.9 Å². The third kappa shape index (κ3) is 1.86. The molecular formula is C15H11ClN2O. The highest BCUT2D eigenvalue weighted by Gasteiger charge is 2.22. The highest BCUT2D eigenvalue weighted by Crippen LogP contribution is 2.30. The van der Waals surface area contributed by atoms with Crippen LogP contribution < -0.4 is 0 Å². The lowest BCUT2D eigenvalue weighted by atomic mass is 9.96. The summed E-state index contributed by atoms with van der Waals surface area (Å²) in [6, 6.07) is 13.0. The van der Waals surface area contributed by atoms with Crippen molar-refractivity contribution in [3.63, 3.8) is 0 Å². The van der Waals surface area contributed by atoms with E-state index in [9.17, 15) is 5.11 Å². The molecule has 1 unspecified atom stereocenters. The number of nitrogens with zero attached hydrogens (tertiary/aromatic N) is 1. The SMILES string of the molecule is CC(O)(C#N)c1ccc2c(c1)[nH]c1ccc(Cl)cc12. The molecule has 1 heterocycles. The first kappa shape index (κ1) is 12.0. The molecule has 2 aromatic carbocycles. The highest BCUT2D eigenvalue weighted by atomic mass is 35.5. The largest absolute Gasteiger partial charge is 0.372 e. The van der Waals surface area contributed by atoms with E-state index in [1.54, 1.807) is 12.1 Å². The lowest BCUT2D eigenvalue weighted by Gasteiger charge is -2.14. The number of aliphatic hydroxyl groups is 1. The lowest BCUT2D eigenvalue weighted by Crippen LogP contribution is -2.17. The first-order valence-electron chi connectivity index (χ1n) is 5.86. The van der Waals surface area contributed by atoms with Crippen molar-refractivity contribution in [2.75, 3.05) is 0 Å². The molecular weight excluding hydrogens is 260 g/mol. The topological polar surface area (TPSA) is 59.8 Å². The van der Waals surface area contributed by atoms with Gasteiger partial charge in [0, 0.05) is 26.8 Å². The lowest BCUT2D eigenvalue weighted by molar-refractivity contribution is 0.120. The van der Waals surface area contributed by atoms with Gasteiger partial charge in [0.05, 0.1) is 0 Å². The Labute approximate surface area is 115 Å². The minimum Gasteiger partial charge on any atom is -0.372 e. The zero-order valence-corrected chi connectivity index (χ0v) is 11.0. The van der Waals surface area contributed by atoms with Gasteiger partial charge >= 0.3 is 0 Å². The monoisotopic (exact) mass is 270 g/mol. The molecule has 4 heteroatoms. The predicted octanol–water partition coefficient (Wildman–Crippen LogP) is 3.71. The van der Waals surface area contributed by atoms with Crippen molar-refractivity contribution in [2.24, 2.45) is 0 Å². The Morgan fingerprint density at radius 3 is 2.68 bits per heavy atom. The average Bonchev–Trinajstić information content (AvgIpc) is 2.75. The van der Waals surface area contributed by atoms with E-state index in [2.05, 4.69) is 4.98 Å². The number of fused-ring (bicyclic) bond motifs is 3. The summed E-state index contributed by atoms with van der Waals surface area (Å²) in [5.74, 6) is 0. The number of aromatic nitrogens is 1. The van der Waals surface area contributed by atoms with Crippen molar-refractivity contribution in [3.05, 3.63) is 47.0 Å². The Morgan fingerprint density at radius 2 is 1.95 bits per heavy atom. The number of H-pyrrole nitrogens is 1. The normalized spacial score (nSPS) is 14.4. The van der Waals surface area contributed by atoms with Crippen molar-refractivity contribution >= 4 is 33.4 Å². The third-order valence-corrected chi connectivity index (χ3v) is 3.58. The van der Waals surface area contributed by atoms with Crippen LogP contribution in [0.5, 0.6) is 0 Å². The molecule has 94 valence electrons. The molecule has 0 amide bonds. The molecule has 0 aliphatic heterocycles. The summed E-state index contributed by atoms with van der Waals surface area (Å²) >= 11 is 6.01. The van der Waals surface area contributed by atoms with Gasteiger partial charge in [-0.1, -0.05) is 23.7 Å². The second kappa shape index (κ2) is 3.99. The minimum absolute atomic E-state index is 0.570. The van der Waals surface area contributed by atoms with Crippen LogP contribution in [0.2, 0.25) is 5.02 Å². The fraction of sp³-hybridized carbons (Fsp3) is 0.133. The van der Waals surface area contributed by atoms with Crippen LogP contribution in [-0.4, -0.2) is 10.1 Å². The van der Waals surface area contributed by atoms with E-state index in [0.717, 1.165) is 21.8 Å². The van der Waals surface area contributed by atoms with Crippen LogP contribution in [0.25, 0.3) is 21.8 Å². The summed E-state index contributed by atoms with van der Waals surface area (Å²) in [4.78, 5) is 3.26. The molecule has 0 saturated carbocycles. The van der Waals surface area contributed by atoms with Crippen LogP contribution in [0.3, 0.4) is 0 Å². The molecule has 0 radical (unpaired) electrons. The van der Waals surface area contributed by atoms with E-state index in [1.165, 1.54) is 6.92 Å². The number of aromatic amines is 1. The fourth-order valence-corrected chi connectivity index (χ4v) is 2.42. The van der Waals surface area contributed by atoms with Crippen LogP contribution >= 0.6 is 11.6 Å². The maximum atomic E-state index is 9.98. The Balaban J connectivity index is 2.31. The molecule has 3 nitrogen and oxygen atoms in total. The van der Waals surface area contributed by atoms with Gasteiger partial charge in [-0.05, 0) is 36.8 Å². The number of nitriles is 1. The van der Waals surface area contributed by atoms with Gasteiger partial charge in [-0.2, -0.15) is 5.26 Å². The quantitative estimate of drug-likeness (QED) is 0.662. The van der Waals surface area contributed by atoms with Gasteiger partial charge in [-0.25, -0.2) is 0 Å². The van der Waals surface area contributed by atoms with Gasteiger partial charge < -0.3 is 10.1 Å². The fourth-order valence-electron chi connectivity index (χ4n) is 2.24. The molecule has 0 aliphatic rings. The Bertz CT molecular complexity index is 827. The Kier molecular flexibility index (Phi) is 2.53. The van der Waals surface area contributed by atoms with Crippen LogP contribution in [0.1, 0.15) is 12.5 Å². The summed E-state index contributed by atoms with van der Waals surface area (Å²) in [6.07, 6.45) is 0. The Hall–Kier alpha value is -2.02. The van der Waals surface area contributed by atoms with Crippen molar-refractivity contribution < 1.29 is 5.11 Å². The van der Waals surface area contributed by atoms with Crippen LogP contribution in [0, 0.1) is 11.3 Å². The minimum atomic E-state index is -1.48. The van der Waals surface area contributed by atoms with Gasteiger partial charge in [0.1, 0.15) is 6.07 Å². The van der Waals surface area contributed by atoms with Gasteiger partial charge in [0.25, 0.3) is 0 Å². The summed E-state index contributed by atoms with van der Waals surface area (Å²) in [5, 5.41) is 21.7. The number of hydrogen-bond donors (Lipinski definition) is 2. The van der Waals surface area contributed by atoms with Gasteiger partial charge in [-0.15, -0.1) is 0 Å². The maximum Gasteiger partial charge on any atom is 0.173 e. The summed E-state index contributed by atoms with van der Waals surface area (Å²) < 4.78 is 0. The van der Waals surface area contributed by atoms with Crippen molar-refractivity contribution in [3.8, 4) is 6.07 Å². The van der Waals surface area contributed by atoms with Gasteiger partial charge in [0.2, 0.25) is 0 Å². The van der Waals surface area contributed by atoms with Crippen LogP contribution in [0.4, 0.5) is 0 Å². The van der Waals surface area contributed by atoms with Crippen molar-refractivity contribution in [2.45, 2.75) is 12.5 Å². The number of nitrogens with one attached hydrogen (secondary N) is 1. The molecule has 1 aromatic heterocycles. The highest BCUT2D eigenvalue weighted by molar-refractivity contribution is 6.31. The molecule has 0 fully saturated rings. The van der Waals surface area contributed by atoms with Gasteiger partial charge in [-0.3, -0.25) is 0 Å². The zero-order valence-electron chi connectivity index (χ0n) is 10.2. The molecule has 3 rings (SSSR count). The Morgan fingerprint density at radius 1 is 1.16 bits per heavy atom. The first-order chi connectivity index (χ1) is 9.01. The maximum absolute atomic E-state index is 9.98. The molecule has 1 atom stereocenters.